The van der Waals surface area contributed by atoms with Crippen LogP contribution < -0.4 is 4.90 Å². The van der Waals surface area contributed by atoms with E-state index in [1.807, 2.05) is 69.9 Å². The van der Waals surface area contributed by atoms with Crippen LogP contribution in [-0.4, -0.2) is 49.4 Å². The number of hydrogen-bond donors (Lipinski definition) is 3. The van der Waals surface area contributed by atoms with E-state index in [2.05, 4.69) is 81.3 Å². The van der Waals surface area contributed by atoms with Gasteiger partial charge >= 0.3 is 10.1 Å². The number of aliphatic hydroxyl groups excluding tert-OH is 3. The molecule has 0 aliphatic carbocycles. The van der Waals surface area contributed by atoms with Crippen molar-refractivity contribution in [3.63, 3.8) is 0 Å². The first kappa shape index (κ1) is 70.4. The number of halogens is 2. The van der Waals surface area contributed by atoms with Crippen LogP contribution >= 0.6 is 0 Å². The molecule has 1 amide bonds. The minimum atomic E-state index is -3.63. The van der Waals surface area contributed by atoms with Crippen molar-refractivity contribution in [1.29, 1.82) is 0 Å². The van der Waals surface area contributed by atoms with E-state index >= 15 is 0 Å². The largest absolute Gasteiger partial charge is 0.509 e. The summed E-state index contributed by atoms with van der Waals surface area (Å²) in [5, 5.41) is 25.6. The fraction of sp³-hybridized carbons (Fsp3) is 0.367. The molecule has 1 aliphatic heterocycles. The second-order valence-electron chi connectivity index (χ2n) is 11.7. The van der Waals surface area contributed by atoms with Gasteiger partial charge in [0.1, 0.15) is 23.5 Å². The van der Waals surface area contributed by atoms with Crippen molar-refractivity contribution in [2.45, 2.75) is 109 Å². The average molecular weight is 878 g/mol. The number of carbonyl (C=O) groups is 1. The number of benzene rings is 2. The van der Waals surface area contributed by atoms with Crippen LogP contribution in [0.1, 0.15) is 108 Å². The Morgan fingerprint density at radius 3 is 1.67 bits per heavy atom. The van der Waals surface area contributed by atoms with Gasteiger partial charge in [0.05, 0.1) is 18.6 Å². The first-order chi connectivity index (χ1) is 28.1. The molecule has 0 spiro atoms. The minimum Gasteiger partial charge on any atom is -0.509 e. The Hall–Kier alpha value is -5.16. The third-order valence-corrected chi connectivity index (χ3v) is 7.56. The normalized spacial score (nSPS) is 12.1. The molecule has 0 aromatic heterocycles. The zero-order chi connectivity index (χ0) is 48.3. The lowest BCUT2D eigenvalue weighted by atomic mass is 10.0. The summed E-state index contributed by atoms with van der Waals surface area (Å²) in [4.78, 5) is 17.3. The van der Waals surface area contributed by atoms with Crippen LogP contribution in [0.4, 0.5) is 14.5 Å². The van der Waals surface area contributed by atoms with E-state index in [0.717, 1.165) is 18.9 Å². The van der Waals surface area contributed by atoms with Crippen molar-refractivity contribution >= 4 is 21.7 Å². The Morgan fingerprint density at radius 2 is 1.43 bits per heavy atom. The van der Waals surface area contributed by atoms with Crippen molar-refractivity contribution in [3.05, 3.63) is 163 Å². The van der Waals surface area contributed by atoms with Gasteiger partial charge in [0.15, 0.2) is 0 Å². The number of aliphatic hydroxyl groups is 3. The van der Waals surface area contributed by atoms with Crippen molar-refractivity contribution in [3.8, 4) is 12.3 Å². The van der Waals surface area contributed by atoms with Crippen LogP contribution in [0.3, 0.4) is 0 Å². The van der Waals surface area contributed by atoms with Gasteiger partial charge in [0, 0.05) is 18.2 Å². The summed E-state index contributed by atoms with van der Waals surface area (Å²) in [5.41, 5.74) is 4.08. The molecule has 3 rings (SSSR count). The number of carbonyl (C=O) groups excluding carboxylic acids is 1. The molecular formula is C49H77F2NO8S. The second-order valence-corrected chi connectivity index (χ2v) is 13.3. The Balaban J connectivity index is -0.000000113. The predicted molar refractivity (Wildman–Crippen MR) is 257 cm³/mol. The van der Waals surface area contributed by atoms with Gasteiger partial charge in [-0.2, -0.15) is 8.42 Å². The Bertz CT molecular complexity index is 1690. The third kappa shape index (κ3) is 45.8. The van der Waals surface area contributed by atoms with E-state index in [9.17, 15) is 22.0 Å². The highest BCUT2D eigenvalue weighted by Gasteiger charge is 2.33. The van der Waals surface area contributed by atoms with Crippen molar-refractivity contribution in [1.82, 2.24) is 0 Å². The number of hydrogen-bond acceptors (Lipinski definition) is 8. The molecule has 346 valence electrons. The van der Waals surface area contributed by atoms with Crippen molar-refractivity contribution in [2.75, 3.05) is 18.6 Å². The van der Waals surface area contributed by atoms with Gasteiger partial charge < -0.3 is 20.2 Å². The molecule has 12 heteroatoms. The van der Waals surface area contributed by atoms with Crippen molar-refractivity contribution in [2.24, 2.45) is 0 Å². The first-order valence-corrected chi connectivity index (χ1v) is 20.3. The summed E-state index contributed by atoms with van der Waals surface area (Å²) in [6.07, 6.45) is 13.4. The number of rotatable bonds is 10. The number of para-hydroxylation sites is 1. The number of terminal acetylenes is 1. The van der Waals surface area contributed by atoms with Gasteiger partial charge in [-0.3, -0.25) is 4.79 Å². The lowest BCUT2D eigenvalue weighted by molar-refractivity contribution is -0.171. The molecule has 1 saturated heterocycles. The molecule has 61 heavy (non-hydrogen) atoms. The summed E-state index contributed by atoms with van der Waals surface area (Å²) in [6.45, 7) is 37.2. The Labute approximate surface area is 369 Å². The number of nitrogens with zero attached hydrogens (tertiary/aromatic N) is 1. The highest BCUT2D eigenvalue weighted by molar-refractivity contribution is 7.90. The minimum absolute atomic E-state index is 0. The monoisotopic (exact) mass is 878 g/mol. The predicted octanol–water partition coefficient (Wildman–Crippen LogP) is 13.2. The number of amides is 1. The van der Waals surface area contributed by atoms with E-state index in [0.29, 0.717) is 24.4 Å². The van der Waals surface area contributed by atoms with E-state index in [1.165, 1.54) is 59.7 Å². The SMILES string of the molecule is C.C#CC.C/C=C(\CC)S(=O)(=O)OOC.C=C(C)C.C=C/C=C(/F)C=C.C=CC(=C)O.CC.CC1CC(=O)N1c1ccccc1.CC=C(C)C.OCC(O)c1ccc(F)cc1. The number of anilines is 1. The van der Waals surface area contributed by atoms with E-state index in [4.69, 9.17) is 15.3 Å². The van der Waals surface area contributed by atoms with Gasteiger partial charge in [0.2, 0.25) is 5.91 Å². The zero-order valence-electron chi connectivity index (χ0n) is 38.0. The van der Waals surface area contributed by atoms with Crippen LogP contribution in [0.25, 0.3) is 0 Å². The summed E-state index contributed by atoms with van der Waals surface area (Å²) < 4.78 is 50.1. The van der Waals surface area contributed by atoms with Crippen LogP contribution in [0.2, 0.25) is 0 Å². The lowest BCUT2D eigenvalue weighted by Crippen LogP contribution is -2.51. The lowest BCUT2D eigenvalue weighted by Gasteiger charge is -2.38. The first-order valence-electron chi connectivity index (χ1n) is 18.8. The zero-order valence-corrected chi connectivity index (χ0v) is 38.9. The fourth-order valence-corrected chi connectivity index (χ4v) is 4.10. The smallest absolute Gasteiger partial charge is 0.318 e. The molecule has 9 nitrogen and oxygen atoms in total. The highest BCUT2D eigenvalue weighted by atomic mass is 32.2. The molecule has 1 aliphatic rings. The molecule has 2 unspecified atom stereocenters. The molecular weight excluding hydrogens is 801 g/mol. The fourth-order valence-electron chi connectivity index (χ4n) is 3.19. The molecule has 2 aromatic rings. The molecule has 1 heterocycles. The summed E-state index contributed by atoms with van der Waals surface area (Å²) >= 11 is 0. The van der Waals surface area contributed by atoms with Crippen LogP contribution in [-0.2, 0) is 24.1 Å². The van der Waals surface area contributed by atoms with Crippen LogP contribution in [0.15, 0.2) is 152 Å². The van der Waals surface area contributed by atoms with Gasteiger partial charge in [-0.1, -0.05) is 114 Å². The van der Waals surface area contributed by atoms with E-state index in [-0.39, 0.29) is 42.2 Å². The molecule has 2 aromatic carbocycles. The van der Waals surface area contributed by atoms with Crippen LogP contribution in [0.5, 0.6) is 0 Å². The average Bonchev–Trinajstić information content (AvgIpc) is 3.20. The highest BCUT2D eigenvalue weighted by Crippen LogP contribution is 2.26. The third-order valence-electron chi connectivity index (χ3n) is 6.08. The Morgan fingerprint density at radius 1 is 1.00 bits per heavy atom. The topological polar surface area (TPSA) is 134 Å². The molecule has 0 bridgehead atoms. The number of allylic oxidation sites excluding steroid dienone is 10. The molecule has 0 radical (unpaired) electrons. The molecule has 2 atom stereocenters. The van der Waals surface area contributed by atoms with E-state index in [1.54, 1.807) is 20.8 Å². The maximum atomic E-state index is 12.3. The maximum absolute atomic E-state index is 12.3. The molecule has 0 saturated carbocycles. The van der Waals surface area contributed by atoms with Gasteiger partial charge in [-0.05, 0) is 110 Å². The van der Waals surface area contributed by atoms with Gasteiger partial charge in [0.25, 0.3) is 0 Å². The summed E-state index contributed by atoms with van der Waals surface area (Å²) in [5.74, 6) is 1.80. The Kier molecular flexibility index (Phi) is 54.8. The quantitative estimate of drug-likeness (QED) is 0.0409. The van der Waals surface area contributed by atoms with Gasteiger partial charge in [-0.15, -0.1) is 23.3 Å². The summed E-state index contributed by atoms with van der Waals surface area (Å²) in [6, 6.07) is 15.5. The second kappa shape index (κ2) is 47.5. The summed E-state index contributed by atoms with van der Waals surface area (Å²) in [7, 11) is -2.48. The maximum Gasteiger partial charge on any atom is 0.318 e. The molecule has 1 fully saturated rings. The van der Waals surface area contributed by atoms with Gasteiger partial charge in [-0.25, -0.2) is 13.7 Å². The molecule has 3 N–H and O–H groups in total. The van der Waals surface area contributed by atoms with Crippen LogP contribution in [0, 0.1) is 18.2 Å². The van der Waals surface area contributed by atoms with Crippen molar-refractivity contribution < 1.29 is 46.5 Å². The van der Waals surface area contributed by atoms with E-state index < -0.39 is 16.2 Å². The standard InChI is InChI=1S/C10H11NO.C8H9FO2.C6H7F.C6H12O4S.C5H10.C4H6O.C4H8.C3H4.C2H6.CH4/c1-8-7-10(12)11(8)9-5-3-2-4-6-9;9-7-3-1-6(2-4-7)8(11)5-10;1-3-5-6(7)4-2;1-4-6(5-2)11(7,8)10-9-3;1-4-5(2)3;1-3-4(2)5;1-4(2)3;1-3-2;1-2;/h2-6,8H,7H2,1H3;1-4,8,10-11H,5H2;3-5H,1-2H2;4H,5H2,1-3H3;4H,1-3H3;3,5H,1-2H2;1H2,2-3H3;1H,2H3;1-2H3;1H4/b;;6-5+;6-4+;;;;;;. The number of β-lactam (4-membered cyclic amide) rings is 1.